The highest BCUT2D eigenvalue weighted by Crippen LogP contribution is 2.32. The fourth-order valence-corrected chi connectivity index (χ4v) is 4.48. The molecule has 0 N–H and O–H groups in total. The normalized spacial score (nSPS) is 26.7. The standard InChI is InChI=1S/C17H18ClN3OS/c18-13-5-3-12(4-6-13)10-15-16(22)19-17(23-15)21-9-8-20-7-1-2-14(20)11-21/h3-6,10,14H,1-2,7-9,11H2/b15-10+/t14-/m0/s1. The summed E-state index contributed by atoms with van der Waals surface area (Å²) >= 11 is 7.39. The van der Waals surface area contributed by atoms with Crippen molar-refractivity contribution in [3.05, 3.63) is 39.8 Å². The number of amidine groups is 1. The van der Waals surface area contributed by atoms with Gasteiger partial charge in [0, 0.05) is 30.7 Å². The molecule has 3 aliphatic heterocycles. The Bertz CT molecular complexity index is 686. The molecule has 1 aromatic rings. The van der Waals surface area contributed by atoms with E-state index in [1.165, 1.54) is 31.1 Å². The number of nitrogens with zero attached hydrogens (tertiary/aromatic N) is 3. The van der Waals surface area contributed by atoms with Gasteiger partial charge >= 0.3 is 0 Å². The first-order valence-electron chi connectivity index (χ1n) is 7.96. The van der Waals surface area contributed by atoms with Gasteiger partial charge in [-0.3, -0.25) is 9.69 Å². The van der Waals surface area contributed by atoms with Crippen molar-refractivity contribution in [1.82, 2.24) is 9.80 Å². The molecular weight excluding hydrogens is 330 g/mol. The Hall–Kier alpha value is -1.30. The van der Waals surface area contributed by atoms with Gasteiger partial charge in [0.05, 0.1) is 4.91 Å². The minimum absolute atomic E-state index is 0.131. The molecule has 3 heterocycles. The van der Waals surface area contributed by atoms with Gasteiger partial charge in [-0.25, -0.2) is 0 Å². The molecule has 0 spiro atoms. The zero-order valence-corrected chi connectivity index (χ0v) is 14.3. The van der Waals surface area contributed by atoms with Crippen LogP contribution in [-0.2, 0) is 4.79 Å². The van der Waals surface area contributed by atoms with E-state index in [0.29, 0.717) is 16.0 Å². The van der Waals surface area contributed by atoms with Crippen LogP contribution in [0.4, 0.5) is 0 Å². The summed E-state index contributed by atoms with van der Waals surface area (Å²) in [5, 5.41) is 1.56. The lowest BCUT2D eigenvalue weighted by Gasteiger charge is -2.38. The van der Waals surface area contributed by atoms with Crippen molar-refractivity contribution in [3.63, 3.8) is 0 Å². The van der Waals surface area contributed by atoms with Crippen molar-refractivity contribution < 1.29 is 4.79 Å². The second-order valence-electron chi connectivity index (χ2n) is 6.14. The maximum Gasteiger partial charge on any atom is 0.286 e. The second kappa shape index (κ2) is 6.30. The summed E-state index contributed by atoms with van der Waals surface area (Å²) in [5.74, 6) is -0.131. The first kappa shape index (κ1) is 15.2. The fraction of sp³-hybridized carbons (Fsp3) is 0.412. The van der Waals surface area contributed by atoms with Gasteiger partial charge in [0.15, 0.2) is 5.17 Å². The number of aliphatic imine (C=N–C) groups is 1. The summed E-state index contributed by atoms with van der Waals surface area (Å²) in [5.41, 5.74) is 0.974. The van der Waals surface area contributed by atoms with E-state index in [1.807, 2.05) is 30.3 Å². The number of carbonyl (C=O) groups excluding carboxylic acids is 1. The summed E-state index contributed by atoms with van der Waals surface area (Å²) < 4.78 is 0. The lowest BCUT2D eigenvalue weighted by Crippen LogP contribution is -2.51. The zero-order valence-electron chi connectivity index (χ0n) is 12.7. The van der Waals surface area contributed by atoms with Gasteiger partial charge in [-0.15, -0.1) is 0 Å². The van der Waals surface area contributed by atoms with Crippen molar-refractivity contribution in [1.29, 1.82) is 0 Å². The third-order valence-electron chi connectivity index (χ3n) is 4.63. The Morgan fingerprint density at radius 1 is 1.22 bits per heavy atom. The highest BCUT2D eigenvalue weighted by atomic mass is 35.5. The van der Waals surface area contributed by atoms with Gasteiger partial charge in [-0.2, -0.15) is 4.99 Å². The molecule has 4 nitrogen and oxygen atoms in total. The molecule has 1 aromatic carbocycles. The molecule has 0 unspecified atom stereocenters. The lowest BCUT2D eigenvalue weighted by atomic mass is 10.2. The number of halogens is 1. The van der Waals surface area contributed by atoms with Crippen LogP contribution in [0.1, 0.15) is 18.4 Å². The number of rotatable bonds is 1. The van der Waals surface area contributed by atoms with Gasteiger partial charge in [0.25, 0.3) is 5.91 Å². The Balaban J connectivity index is 1.47. The minimum atomic E-state index is -0.131. The number of thioether (sulfide) groups is 1. The van der Waals surface area contributed by atoms with Crippen molar-refractivity contribution in [2.75, 3.05) is 26.2 Å². The number of piperazine rings is 1. The molecule has 2 fully saturated rings. The van der Waals surface area contributed by atoms with Crippen LogP contribution in [0.2, 0.25) is 5.02 Å². The van der Waals surface area contributed by atoms with Crippen LogP contribution in [0.15, 0.2) is 34.2 Å². The maximum absolute atomic E-state index is 12.2. The highest BCUT2D eigenvalue weighted by Gasteiger charge is 2.34. The topological polar surface area (TPSA) is 35.9 Å². The number of benzene rings is 1. The van der Waals surface area contributed by atoms with E-state index in [4.69, 9.17) is 11.6 Å². The molecule has 3 aliphatic rings. The van der Waals surface area contributed by atoms with E-state index in [0.717, 1.165) is 30.4 Å². The molecule has 0 aromatic heterocycles. The Morgan fingerprint density at radius 3 is 2.87 bits per heavy atom. The van der Waals surface area contributed by atoms with Crippen LogP contribution in [0.25, 0.3) is 6.08 Å². The van der Waals surface area contributed by atoms with Gasteiger partial charge in [-0.05, 0) is 54.9 Å². The van der Waals surface area contributed by atoms with E-state index in [-0.39, 0.29) is 5.91 Å². The van der Waals surface area contributed by atoms with E-state index in [9.17, 15) is 4.79 Å². The predicted octanol–water partition coefficient (Wildman–Crippen LogP) is 3.09. The van der Waals surface area contributed by atoms with Crippen LogP contribution < -0.4 is 0 Å². The molecule has 0 aliphatic carbocycles. The summed E-state index contributed by atoms with van der Waals surface area (Å²) in [6, 6.07) is 8.13. The summed E-state index contributed by atoms with van der Waals surface area (Å²) in [7, 11) is 0. The minimum Gasteiger partial charge on any atom is -0.348 e. The van der Waals surface area contributed by atoms with Crippen LogP contribution in [-0.4, -0.2) is 53.1 Å². The van der Waals surface area contributed by atoms with Crippen LogP contribution in [0, 0.1) is 0 Å². The monoisotopic (exact) mass is 347 g/mol. The fourth-order valence-electron chi connectivity index (χ4n) is 3.41. The van der Waals surface area contributed by atoms with E-state index >= 15 is 0 Å². The molecule has 0 radical (unpaired) electrons. The largest absolute Gasteiger partial charge is 0.348 e. The number of hydrogen-bond donors (Lipinski definition) is 0. The molecule has 0 bridgehead atoms. The molecule has 1 atom stereocenters. The summed E-state index contributed by atoms with van der Waals surface area (Å²) in [6.45, 7) is 4.25. The number of amides is 1. The summed E-state index contributed by atoms with van der Waals surface area (Å²) in [4.78, 5) is 22.0. The van der Waals surface area contributed by atoms with Crippen molar-refractivity contribution in [2.24, 2.45) is 4.99 Å². The van der Waals surface area contributed by atoms with Gasteiger partial charge in [0.2, 0.25) is 0 Å². The second-order valence-corrected chi connectivity index (χ2v) is 7.59. The summed E-state index contributed by atoms with van der Waals surface area (Å²) in [6.07, 6.45) is 4.44. The number of carbonyl (C=O) groups is 1. The molecule has 0 saturated carbocycles. The van der Waals surface area contributed by atoms with E-state index < -0.39 is 0 Å². The van der Waals surface area contributed by atoms with Gasteiger partial charge < -0.3 is 4.90 Å². The Kier molecular flexibility index (Phi) is 4.18. The third kappa shape index (κ3) is 3.18. The molecule has 23 heavy (non-hydrogen) atoms. The van der Waals surface area contributed by atoms with Crippen LogP contribution in [0.5, 0.6) is 0 Å². The predicted molar refractivity (Wildman–Crippen MR) is 95.6 cm³/mol. The Morgan fingerprint density at radius 2 is 2.04 bits per heavy atom. The van der Waals surface area contributed by atoms with Crippen LogP contribution >= 0.6 is 23.4 Å². The first-order chi connectivity index (χ1) is 11.2. The quantitative estimate of drug-likeness (QED) is 0.731. The van der Waals surface area contributed by atoms with Crippen LogP contribution in [0.3, 0.4) is 0 Å². The average molecular weight is 348 g/mol. The molecule has 120 valence electrons. The molecule has 4 rings (SSSR count). The number of fused-ring (bicyclic) bond motifs is 1. The molecule has 6 heteroatoms. The van der Waals surface area contributed by atoms with Crippen molar-refractivity contribution in [3.8, 4) is 0 Å². The molecular formula is C17H18ClN3OS. The lowest BCUT2D eigenvalue weighted by molar-refractivity contribution is -0.113. The third-order valence-corrected chi connectivity index (χ3v) is 5.93. The SMILES string of the molecule is O=C1N=C(N2CCN3CCC[C@H]3C2)S/C1=C/c1ccc(Cl)cc1. The first-order valence-corrected chi connectivity index (χ1v) is 9.15. The van der Waals surface area contributed by atoms with E-state index in [1.54, 1.807) is 0 Å². The van der Waals surface area contributed by atoms with Gasteiger partial charge in [0.1, 0.15) is 0 Å². The van der Waals surface area contributed by atoms with Crippen molar-refractivity contribution in [2.45, 2.75) is 18.9 Å². The maximum atomic E-state index is 12.2. The zero-order chi connectivity index (χ0) is 15.8. The van der Waals surface area contributed by atoms with E-state index in [2.05, 4.69) is 14.8 Å². The molecule has 2 saturated heterocycles. The smallest absolute Gasteiger partial charge is 0.286 e. The molecule has 1 amide bonds. The van der Waals surface area contributed by atoms with Crippen molar-refractivity contribution >= 4 is 40.5 Å². The Labute approximate surface area is 145 Å². The highest BCUT2D eigenvalue weighted by molar-refractivity contribution is 8.18. The number of hydrogen-bond acceptors (Lipinski definition) is 4. The average Bonchev–Trinajstić information content (AvgIpc) is 3.16. The van der Waals surface area contributed by atoms with Gasteiger partial charge in [-0.1, -0.05) is 23.7 Å².